The maximum Gasteiger partial charge on any atom is 0.0760 e. The van der Waals surface area contributed by atoms with Gasteiger partial charge in [-0.1, -0.05) is 39.0 Å². The SMILES string of the molecule is CCNc1cc(CC)nc2c(C(C)C)cccc12. The Kier molecular flexibility index (Phi) is 3.85. The van der Waals surface area contributed by atoms with E-state index in [0.717, 1.165) is 24.2 Å². The van der Waals surface area contributed by atoms with E-state index < -0.39 is 0 Å². The number of nitrogens with one attached hydrogen (secondary N) is 1. The first-order valence-corrected chi connectivity index (χ1v) is 6.83. The summed E-state index contributed by atoms with van der Waals surface area (Å²) in [5.74, 6) is 0.503. The zero-order valence-corrected chi connectivity index (χ0v) is 11.7. The van der Waals surface area contributed by atoms with Crippen LogP contribution in [0.3, 0.4) is 0 Å². The number of hydrogen-bond acceptors (Lipinski definition) is 2. The van der Waals surface area contributed by atoms with Gasteiger partial charge < -0.3 is 5.32 Å². The normalized spacial score (nSPS) is 11.2. The summed E-state index contributed by atoms with van der Waals surface area (Å²) in [5, 5.41) is 4.69. The summed E-state index contributed by atoms with van der Waals surface area (Å²) < 4.78 is 0. The van der Waals surface area contributed by atoms with Crippen LogP contribution in [0.25, 0.3) is 10.9 Å². The second-order valence-electron chi connectivity index (χ2n) is 4.94. The van der Waals surface area contributed by atoms with Gasteiger partial charge in [-0.25, -0.2) is 0 Å². The first-order valence-electron chi connectivity index (χ1n) is 6.83. The van der Waals surface area contributed by atoms with E-state index in [0.29, 0.717) is 5.92 Å². The molecule has 0 radical (unpaired) electrons. The molecule has 2 rings (SSSR count). The van der Waals surface area contributed by atoms with Crippen molar-refractivity contribution in [2.24, 2.45) is 0 Å². The molecule has 2 heteroatoms. The number of rotatable bonds is 4. The lowest BCUT2D eigenvalue weighted by atomic mass is 9.98. The van der Waals surface area contributed by atoms with Crippen LogP contribution in [-0.4, -0.2) is 11.5 Å². The number of hydrogen-bond donors (Lipinski definition) is 1. The average Bonchev–Trinajstić information content (AvgIpc) is 2.38. The van der Waals surface area contributed by atoms with Gasteiger partial charge in [0.2, 0.25) is 0 Å². The van der Waals surface area contributed by atoms with E-state index in [9.17, 15) is 0 Å². The van der Waals surface area contributed by atoms with Crippen molar-refractivity contribution in [3.05, 3.63) is 35.5 Å². The largest absolute Gasteiger partial charge is 0.385 e. The highest BCUT2D eigenvalue weighted by Gasteiger charge is 2.10. The second-order valence-corrected chi connectivity index (χ2v) is 4.94. The third-order valence-electron chi connectivity index (χ3n) is 3.28. The van der Waals surface area contributed by atoms with Crippen LogP contribution in [0.2, 0.25) is 0 Å². The maximum atomic E-state index is 4.82. The summed E-state index contributed by atoms with van der Waals surface area (Å²) in [6.45, 7) is 9.67. The van der Waals surface area contributed by atoms with Gasteiger partial charge in [0.05, 0.1) is 5.52 Å². The quantitative estimate of drug-likeness (QED) is 0.862. The van der Waals surface area contributed by atoms with Gasteiger partial charge in [0.1, 0.15) is 0 Å². The Morgan fingerprint density at radius 1 is 1.22 bits per heavy atom. The number of benzene rings is 1. The molecule has 0 spiro atoms. The summed E-state index contributed by atoms with van der Waals surface area (Å²) in [5.41, 5.74) is 4.86. The zero-order valence-electron chi connectivity index (χ0n) is 11.7. The highest BCUT2D eigenvalue weighted by Crippen LogP contribution is 2.29. The van der Waals surface area contributed by atoms with Crippen LogP contribution in [0.5, 0.6) is 0 Å². The lowest BCUT2D eigenvalue weighted by molar-refractivity contribution is 0.871. The molecule has 0 aliphatic carbocycles. The van der Waals surface area contributed by atoms with E-state index >= 15 is 0 Å². The Balaban J connectivity index is 2.73. The smallest absolute Gasteiger partial charge is 0.0760 e. The van der Waals surface area contributed by atoms with E-state index in [-0.39, 0.29) is 0 Å². The van der Waals surface area contributed by atoms with Crippen LogP contribution in [0.4, 0.5) is 5.69 Å². The molecule has 1 N–H and O–H groups in total. The molecular weight excluding hydrogens is 220 g/mol. The third kappa shape index (κ3) is 2.33. The van der Waals surface area contributed by atoms with Crippen LogP contribution < -0.4 is 5.32 Å². The van der Waals surface area contributed by atoms with Gasteiger partial charge in [-0.15, -0.1) is 0 Å². The molecule has 0 fully saturated rings. The number of anilines is 1. The minimum atomic E-state index is 0.503. The summed E-state index contributed by atoms with van der Waals surface area (Å²) in [6, 6.07) is 8.66. The molecule has 0 aliphatic heterocycles. The lowest BCUT2D eigenvalue weighted by Crippen LogP contribution is -2.02. The highest BCUT2D eigenvalue weighted by molar-refractivity contribution is 5.93. The van der Waals surface area contributed by atoms with Crippen molar-refractivity contribution in [3.63, 3.8) is 0 Å². The van der Waals surface area contributed by atoms with E-state index in [1.807, 2.05) is 0 Å². The monoisotopic (exact) mass is 242 g/mol. The van der Waals surface area contributed by atoms with E-state index in [1.165, 1.54) is 16.6 Å². The third-order valence-corrected chi connectivity index (χ3v) is 3.28. The molecule has 2 aromatic rings. The number of aryl methyl sites for hydroxylation is 1. The van der Waals surface area contributed by atoms with Crippen LogP contribution in [0.1, 0.15) is 44.9 Å². The first-order chi connectivity index (χ1) is 8.67. The maximum absolute atomic E-state index is 4.82. The number of aromatic nitrogens is 1. The molecule has 0 bridgehead atoms. The molecule has 1 aromatic heterocycles. The molecule has 0 saturated heterocycles. The van der Waals surface area contributed by atoms with Crippen molar-refractivity contribution < 1.29 is 0 Å². The second kappa shape index (κ2) is 5.38. The molecule has 0 amide bonds. The lowest BCUT2D eigenvalue weighted by Gasteiger charge is -2.14. The summed E-state index contributed by atoms with van der Waals surface area (Å²) in [4.78, 5) is 4.82. The van der Waals surface area contributed by atoms with Gasteiger partial charge in [-0.05, 0) is 30.9 Å². The highest BCUT2D eigenvalue weighted by atomic mass is 14.9. The van der Waals surface area contributed by atoms with Gasteiger partial charge in [0, 0.05) is 23.3 Å². The fourth-order valence-corrected chi connectivity index (χ4v) is 2.31. The van der Waals surface area contributed by atoms with Crippen molar-refractivity contribution in [3.8, 4) is 0 Å². The summed E-state index contributed by atoms with van der Waals surface area (Å²) >= 11 is 0. The molecule has 1 aromatic carbocycles. The van der Waals surface area contributed by atoms with Crippen molar-refractivity contribution >= 4 is 16.6 Å². The number of nitrogens with zero attached hydrogens (tertiary/aromatic N) is 1. The summed E-state index contributed by atoms with van der Waals surface area (Å²) in [7, 11) is 0. The minimum absolute atomic E-state index is 0.503. The predicted molar refractivity (Wildman–Crippen MR) is 79.4 cm³/mol. The number of para-hydroxylation sites is 1. The standard InChI is InChI=1S/C16H22N2/c1-5-12-10-15(17-6-2)14-9-7-8-13(11(3)4)16(14)18-12/h7-11H,5-6H2,1-4H3,(H,17,18). The van der Waals surface area contributed by atoms with Crippen molar-refractivity contribution in [2.45, 2.75) is 40.0 Å². The zero-order chi connectivity index (χ0) is 13.1. The molecule has 18 heavy (non-hydrogen) atoms. The van der Waals surface area contributed by atoms with Crippen molar-refractivity contribution in [1.29, 1.82) is 0 Å². The van der Waals surface area contributed by atoms with Crippen LogP contribution in [0, 0.1) is 0 Å². The Morgan fingerprint density at radius 2 is 2.00 bits per heavy atom. The van der Waals surface area contributed by atoms with Crippen LogP contribution in [0.15, 0.2) is 24.3 Å². The molecular formula is C16H22N2. The molecule has 0 unspecified atom stereocenters. The molecule has 0 aliphatic rings. The Labute approximate surface area is 109 Å². The van der Waals surface area contributed by atoms with Crippen molar-refractivity contribution in [1.82, 2.24) is 4.98 Å². The van der Waals surface area contributed by atoms with Crippen molar-refractivity contribution in [2.75, 3.05) is 11.9 Å². The van der Waals surface area contributed by atoms with Crippen LogP contribution >= 0.6 is 0 Å². The fraction of sp³-hybridized carbons (Fsp3) is 0.438. The first kappa shape index (κ1) is 12.9. The van der Waals surface area contributed by atoms with E-state index in [2.05, 4.69) is 57.3 Å². The van der Waals surface area contributed by atoms with Gasteiger partial charge in [-0.2, -0.15) is 0 Å². The molecule has 0 atom stereocenters. The Hall–Kier alpha value is -1.57. The molecule has 2 nitrogen and oxygen atoms in total. The average molecular weight is 242 g/mol. The fourth-order valence-electron chi connectivity index (χ4n) is 2.31. The van der Waals surface area contributed by atoms with Gasteiger partial charge in [0.25, 0.3) is 0 Å². The minimum Gasteiger partial charge on any atom is -0.385 e. The Bertz CT molecular complexity index is 544. The topological polar surface area (TPSA) is 24.9 Å². The number of fused-ring (bicyclic) bond motifs is 1. The molecule has 96 valence electrons. The number of pyridine rings is 1. The van der Waals surface area contributed by atoms with Gasteiger partial charge in [-0.3, -0.25) is 4.98 Å². The van der Waals surface area contributed by atoms with Crippen LogP contribution in [-0.2, 0) is 6.42 Å². The molecule has 0 saturated carbocycles. The summed E-state index contributed by atoms with van der Waals surface area (Å²) in [6.07, 6.45) is 0.973. The van der Waals surface area contributed by atoms with Gasteiger partial charge >= 0.3 is 0 Å². The van der Waals surface area contributed by atoms with E-state index in [1.54, 1.807) is 0 Å². The predicted octanol–water partition coefficient (Wildman–Crippen LogP) is 4.35. The Morgan fingerprint density at radius 3 is 2.61 bits per heavy atom. The molecule has 1 heterocycles. The van der Waals surface area contributed by atoms with E-state index in [4.69, 9.17) is 4.98 Å². The van der Waals surface area contributed by atoms with Gasteiger partial charge in [0.15, 0.2) is 0 Å².